The number of aryl methyl sites for hydroxylation is 3. The SMILES string of the molecule is Cc1cc(C(=O)O)sc1CN1CCN(C(=O)c2c(C)cc(=O)oc2C)CC1. The van der Waals surface area contributed by atoms with E-state index < -0.39 is 11.6 Å². The Labute approximate surface area is 160 Å². The molecule has 1 amide bonds. The highest BCUT2D eigenvalue weighted by Crippen LogP contribution is 2.24. The van der Waals surface area contributed by atoms with Gasteiger partial charge in [-0.2, -0.15) is 0 Å². The lowest BCUT2D eigenvalue weighted by Crippen LogP contribution is -2.48. The van der Waals surface area contributed by atoms with Crippen LogP contribution in [0.3, 0.4) is 0 Å². The van der Waals surface area contributed by atoms with Crippen LogP contribution < -0.4 is 5.63 Å². The van der Waals surface area contributed by atoms with Crippen molar-refractivity contribution in [2.75, 3.05) is 26.2 Å². The molecule has 1 fully saturated rings. The third-order valence-corrected chi connectivity index (χ3v) is 6.02. The van der Waals surface area contributed by atoms with Crippen LogP contribution in [-0.2, 0) is 6.54 Å². The average molecular weight is 390 g/mol. The van der Waals surface area contributed by atoms with E-state index in [1.54, 1.807) is 24.8 Å². The molecule has 1 N–H and O–H groups in total. The predicted molar refractivity (Wildman–Crippen MR) is 102 cm³/mol. The fourth-order valence-electron chi connectivity index (χ4n) is 3.33. The van der Waals surface area contributed by atoms with E-state index in [-0.39, 0.29) is 5.91 Å². The minimum absolute atomic E-state index is 0.117. The molecule has 0 unspecified atom stereocenters. The summed E-state index contributed by atoms with van der Waals surface area (Å²) in [6.45, 7) is 8.56. The Morgan fingerprint density at radius 1 is 1.11 bits per heavy atom. The number of piperazine rings is 1. The third kappa shape index (κ3) is 4.12. The van der Waals surface area contributed by atoms with E-state index in [9.17, 15) is 14.4 Å². The number of aromatic carboxylic acids is 1. The highest BCUT2D eigenvalue weighted by molar-refractivity contribution is 7.14. The zero-order valence-electron chi connectivity index (χ0n) is 15.6. The molecule has 1 aliphatic rings. The van der Waals surface area contributed by atoms with E-state index in [4.69, 9.17) is 9.52 Å². The molecule has 2 aromatic rings. The van der Waals surface area contributed by atoms with Gasteiger partial charge in [-0.15, -0.1) is 11.3 Å². The van der Waals surface area contributed by atoms with Crippen molar-refractivity contribution in [3.05, 3.63) is 54.8 Å². The lowest BCUT2D eigenvalue weighted by atomic mass is 10.1. The maximum Gasteiger partial charge on any atom is 0.345 e. The first-order valence-corrected chi connectivity index (χ1v) is 9.53. The molecule has 0 aliphatic carbocycles. The molecule has 0 bridgehead atoms. The smallest absolute Gasteiger partial charge is 0.345 e. The highest BCUT2D eigenvalue weighted by Gasteiger charge is 2.26. The van der Waals surface area contributed by atoms with Crippen LogP contribution in [0.15, 0.2) is 21.3 Å². The van der Waals surface area contributed by atoms with Gasteiger partial charge >= 0.3 is 11.6 Å². The molecular weight excluding hydrogens is 368 g/mol. The van der Waals surface area contributed by atoms with Gasteiger partial charge in [-0.3, -0.25) is 9.69 Å². The Kier molecular flexibility index (Phi) is 5.48. The number of thiophene rings is 1. The van der Waals surface area contributed by atoms with Crippen molar-refractivity contribution in [3.8, 4) is 0 Å². The number of amides is 1. The molecule has 3 heterocycles. The molecule has 0 aromatic carbocycles. The molecular formula is C19H22N2O5S. The number of carboxylic acids is 1. The van der Waals surface area contributed by atoms with Crippen LogP contribution in [0.5, 0.6) is 0 Å². The first-order chi connectivity index (χ1) is 12.8. The molecule has 2 aromatic heterocycles. The van der Waals surface area contributed by atoms with Gasteiger partial charge in [0.05, 0.1) is 5.56 Å². The predicted octanol–water partition coefficient (Wildman–Crippen LogP) is 2.28. The average Bonchev–Trinajstić information content (AvgIpc) is 2.95. The van der Waals surface area contributed by atoms with Crippen LogP contribution in [0, 0.1) is 20.8 Å². The molecule has 3 rings (SSSR count). The third-order valence-electron chi connectivity index (χ3n) is 4.81. The van der Waals surface area contributed by atoms with E-state index in [0.717, 1.165) is 10.4 Å². The zero-order chi connectivity index (χ0) is 19.7. The van der Waals surface area contributed by atoms with Crippen LogP contribution in [-0.4, -0.2) is 53.0 Å². The zero-order valence-corrected chi connectivity index (χ0v) is 16.4. The second-order valence-corrected chi connectivity index (χ2v) is 7.91. The number of carbonyl (C=O) groups excluding carboxylic acids is 1. The summed E-state index contributed by atoms with van der Waals surface area (Å²) < 4.78 is 5.08. The number of rotatable bonds is 4. The molecule has 8 heteroatoms. The molecule has 1 aliphatic heterocycles. The molecule has 0 spiro atoms. The summed E-state index contributed by atoms with van der Waals surface area (Å²) in [5.41, 5.74) is 1.63. The van der Waals surface area contributed by atoms with Crippen LogP contribution in [0.2, 0.25) is 0 Å². The van der Waals surface area contributed by atoms with E-state index in [0.29, 0.717) is 54.5 Å². The normalized spacial score (nSPS) is 15.1. The maximum atomic E-state index is 12.8. The maximum absolute atomic E-state index is 12.8. The Hall–Kier alpha value is -2.45. The number of hydrogen-bond acceptors (Lipinski definition) is 6. The van der Waals surface area contributed by atoms with E-state index >= 15 is 0 Å². The molecule has 0 radical (unpaired) electrons. The van der Waals surface area contributed by atoms with Gasteiger partial charge in [-0.25, -0.2) is 9.59 Å². The van der Waals surface area contributed by atoms with Crippen molar-refractivity contribution in [1.29, 1.82) is 0 Å². The molecule has 7 nitrogen and oxygen atoms in total. The second kappa shape index (κ2) is 7.66. The largest absolute Gasteiger partial charge is 0.477 e. The van der Waals surface area contributed by atoms with Gasteiger partial charge in [-0.1, -0.05) is 0 Å². The van der Waals surface area contributed by atoms with Gasteiger partial charge in [0.1, 0.15) is 10.6 Å². The molecule has 144 valence electrons. The molecule has 0 atom stereocenters. The summed E-state index contributed by atoms with van der Waals surface area (Å²) in [5.74, 6) is -0.665. The number of carboxylic acid groups (broad SMARTS) is 1. The van der Waals surface area contributed by atoms with Crippen LogP contribution in [0.25, 0.3) is 0 Å². The number of nitrogens with zero attached hydrogens (tertiary/aromatic N) is 2. The fourth-order valence-corrected chi connectivity index (χ4v) is 4.39. The minimum atomic E-state index is -0.898. The van der Waals surface area contributed by atoms with Crippen LogP contribution >= 0.6 is 11.3 Å². The number of hydrogen-bond donors (Lipinski definition) is 1. The van der Waals surface area contributed by atoms with Gasteiger partial charge in [0.25, 0.3) is 5.91 Å². The van der Waals surface area contributed by atoms with Crippen molar-refractivity contribution in [2.45, 2.75) is 27.3 Å². The van der Waals surface area contributed by atoms with Crippen molar-refractivity contribution >= 4 is 23.2 Å². The van der Waals surface area contributed by atoms with Crippen LogP contribution in [0.4, 0.5) is 0 Å². The highest BCUT2D eigenvalue weighted by atomic mass is 32.1. The fraction of sp³-hybridized carbons (Fsp3) is 0.421. The Bertz CT molecular complexity index is 912. The van der Waals surface area contributed by atoms with E-state index in [1.165, 1.54) is 17.4 Å². The van der Waals surface area contributed by atoms with Crippen molar-refractivity contribution < 1.29 is 19.1 Å². The topological polar surface area (TPSA) is 91.1 Å². The first kappa shape index (κ1) is 19.3. The Morgan fingerprint density at radius 3 is 2.33 bits per heavy atom. The van der Waals surface area contributed by atoms with Crippen molar-refractivity contribution in [1.82, 2.24) is 9.80 Å². The molecule has 1 saturated heterocycles. The summed E-state index contributed by atoms with van der Waals surface area (Å²) in [5, 5.41) is 9.12. The molecule has 27 heavy (non-hydrogen) atoms. The lowest BCUT2D eigenvalue weighted by Gasteiger charge is -2.35. The summed E-state index contributed by atoms with van der Waals surface area (Å²) in [6.07, 6.45) is 0. The van der Waals surface area contributed by atoms with Gasteiger partial charge < -0.3 is 14.4 Å². The lowest BCUT2D eigenvalue weighted by molar-refractivity contribution is 0.0623. The van der Waals surface area contributed by atoms with Crippen molar-refractivity contribution in [3.63, 3.8) is 0 Å². The standard InChI is InChI=1S/C19H22N2O5S/c1-11-8-14(19(24)25)27-15(11)10-20-4-6-21(7-5-20)18(23)17-12(2)9-16(22)26-13(17)3/h8-9H,4-7,10H2,1-3H3,(H,24,25). The second-order valence-electron chi connectivity index (χ2n) is 6.77. The first-order valence-electron chi connectivity index (χ1n) is 8.72. The summed E-state index contributed by atoms with van der Waals surface area (Å²) >= 11 is 1.31. The summed E-state index contributed by atoms with van der Waals surface area (Å²) in [7, 11) is 0. The quantitative estimate of drug-likeness (QED) is 0.861. The Balaban J connectivity index is 1.65. The van der Waals surface area contributed by atoms with Gasteiger partial charge in [0, 0.05) is 43.7 Å². The van der Waals surface area contributed by atoms with Crippen molar-refractivity contribution in [2.24, 2.45) is 0 Å². The monoisotopic (exact) mass is 390 g/mol. The number of carbonyl (C=O) groups is 2. The molecule has 0 saturated carbocycles. The van der Waals surface area contributed by atoms with Crippen LogP contribution in [0.1, 0.15) is 41.8 Å². The van der Waals surface area contributed by atoms with Gasteiger partial charge in [0.15, 0.2) is 0 Å². The van der Waals surface area contributed by atoms with Gasteiger partial charge in [-0.05, 0) is 38.0 Å². The Morgan fingerprint density at radius 2 is 1.78 bits per heavy atom. The summed E-state index contributed by atoms with van der Waals surface area (Å²) in [4.78, 5) is 40.8. The minimum Gasteiger partial charge on any atom is -0.477 e. The van der Waals surface area contributed by atoms with Gasteiger partial charge in [0.2, 0.25) is 0 Å². The van der Waals surface area contributed by atoms with E-state index in [2.05, 4.69) is 4.90 Å². The van der Waals surface area contributed by atoms with E-state index in [1.807, 2.05) is 6.92 Å². The summed E-state index contributed by atoms with van der Waals surface area (Å²) in [6, 6.07) is 3.05.